The summed E-state index contributed by atoms with van der Waals surface area (Å²) in [6.45, 7) is 17.2. The molecule has 0 saturated heterocycles. The topological polar surface area (TPSA) is 71.4 Å². The first kappa shape index (κ1) is 26.0. The van der Waals surface area contributed by atoms with E-state index < -0.39 is 27.8 Å². The summed E-state index contributed by atoms with van der Waals surface area (Å²) >= 11 is 0. The SMILES string of the molecule is CC(=O)C1=C(O)[C@@]2(CC=C(C)C)C[C@H](CC=C(C)C)C(C)(C)[C@@](CC=C(C)C)(C1=O)C2=O. The third-order valence-electron chi connectivity index (χ3n) is 7.68. The molecule has 2 rings (SSSR count). The summed E-state index contributed by atoms with van der Waals surface area (Å²) in [5.41, 5.74) is -0.280. The van der Waals surface area contributed by atoms with Gasteiger partial charge in [-0.2, -0.15) is 0 Å². The van der Waals surface area contributed by atoms with Gasteiger partial charge < -0.3 is 5.11 Å². The fraction of sp³-hybridized carbons (Fsp3) is 0.607. The first-order valence-corrected chi connectivity index (χ1v) is 11.6. The van der Waals surface area contributed by atoms with Crippen LogP contribution in [0.1, 0.15) is 88.0 Å². The van der Waals surface area contributed by atoms with E-state index in [0.717, 1.165) is 11.1 Å². The Balaban J connectivity index is 2.96. The molecule has 1 fully saturated rings. The van der Waals surface area contributed by atoms with Crippen LogP contribution in [0.4, 0.5) is 0 Å². The Bertz CT molecular complexity index is 944. The highest BCUT2D eigenvalue weighted by atomic mass is 16.3. The van der Waals surface area contributed by atoms with Gasteiger partial charge in [0.2, 0.25) is 0 Å². The fourth-order valence-electron chi connectivity index (χ4n) is 5.52. The first-order chi connectivity index (χ1) is 14.6. The van der Waals surface area contributed by atoms with Crippen LogP contribution in [0, 0.1) is 22.2 Å². The van der Waals surface area contributed by atoms with E-state index in [0.29, 0.717) is 19.3 Å². The highest BCUT2D eigenvalue weighted by Crippen LogP contribution is 2.66. The van der Waals surface area contributed by atoms with Crippen LogP contribution in [0.15, 0.2) is 46.3 Å². The van der Waals surface area contributed by atoms with Crippen molar-refractivity contribution >= 4 is 17.3 Å². The van der Waals surface area contributed by atoms with E-state index in [1.54, 1.807) is 0 Å². The van der Waals surface area contributed by atoms with Crippen molar-refractivity contribution in [2.75, 3.05) is 0 Å². The minimum atomic E-state index is -1.38. The van der Waals surface area contributed by atoms with Gasteiger partial charge in [0, 0.05) is 0 Å². The molecule has 1 N–H and O–H groups in total. The molecule has 176 valence electrons. The number of aliphatic hydroxyl groups excluding tert-OH is 1. The highest BCUT2D eigenvalue weighted by Gasteiger charge is 2.71. The molecule has 32 heavy (non-hydrogen) atoms. The summed E-state index contributed by atoms with van der Waals surface area (Å²) in [6, 6.07) is 0. The molecule has 2 aliphatic rings. The maximum atomic E-state index is 14.4. The Kier molecular flexibility index (Phi) is 7.28. The molecule has 2 bridgehead atoms. The molecule has 0 unspecified atom stereocenters. The summed E-state index contributed by atoms with van der Waals surface area (Å²) in [4.78, 5) is 41.0. The normalized spacial score (nSPS) is 28.8. The second-order valence-corrected chi connectivity index (χ2v) is 11.0. The van der Waals surface area contributed by atoms with Gasteiger partial charge in [-0.1, -0.05) is 48.8 Å². The molecule has 2 aliphatic carbocycles. The van der Waals surface area contributed by atoms with Crippen LogP contribution in [0.2, 0.25) is 0 Å². The van der Waals surface area contributed by atoms with Crippen molar-refractivity contribution < 1.29 is 19.5 Å². The number of hydrogen-bond donors (Lipinski definition) is 1. The zero-order chi connectivity index (χ0) is 24.6. The standard InChI is InChI=1S/C28H40O4/c1-17(2)10-11-21-16-27(14-12-18(3)4)23(30)22(20(7)29)24(31)28(25(27)32,26(21,8)9)15-13-19(5)6/h10,12-13,21,30H,11,14-16H2,1-9H3/t21-,27+,28-/m0/s1. The molecule has 1 saturated carbocycles. The minimum absolute atomic E-state index is 0.00849. The predicted octanol–water partition coefficient (Wildman–Crippen LogP) is 6.63. The van der Waals surface area contributed by atoms with E-state index in [1.807, 2.05) is 67.5 Å². The second-order valence-electron chi connectivity index (χ2n) is 11.0. The van der Waals surface area contributed by atoms with Gasteiger partial charge in [-0.25, -0.2) is 0 Å². The lowest BCUT2D eigenvalue weighted by Crippen LogP contribution is -2.67. The molecule has 0 aromatic heterocycles. The number of carbonyl (C=O) groups excluding carboxylic acids is 3. The van der Waals surface area contributed by atoms with Gasteiger partial charge in [0.15, 0.2) is 17.3 Å². The van der Waals surface area contributed by atoms with E-state index in [-0.39, 0.29) is 29.5 Å². The molecule has 0 amide bonds. The van der Waals surface area contributed by atoms with Crippen LogP contribution in [-0.4, -0.2) is 22.5 Å². The minimum Gasteiger partial charge on any atom is -0.510 e. The van der Waals surface area contributed by atoms with Gasteiger partial charge in [0.05, 0.1) is 11.0 Å². The fourth-order valence-corrected chi connectivity index (χ4v) is 5.52. The van der Waals surface area contributed by atoms with Crippen molar-refractivity contribution in [3.8, 4) is 0 Å². The van der Waals surface area contributed by atoms with Crippen LogP contribution in [0.5, 0.6) is 0 Å². The molecule has 0 aromatic rings. The Hall–Kier alpha value is -2.23. The Morgan fingerprint density at radius 2 is 1.41 bits per heavy atom. The predicted molar refractivity (Wildman–Crippen MR) is 129 cm³/mol. The lowest BCUT2D eigenvalue weighted by Gasteiger charge is -2.60. The molecule has 0 spiro atoms. The molecule has 4 heteroatoms. The molecular weight excluding hydrogens is 400 g/mol. The van der Waals surface area contributed by atoms with Crippen LogP contribution in [-0.2, 0) is 14.4 Å². The number of aliphatic hydroxyl groups is 1. The third kappa shape index (κ3) is 3.97. The maximum absolute atomic E-state index is 14.4. The summed E-state index contributed by atoms with van der Waals surface area (Å²) in [6.07, 6.45) is 7.70. The van der Waals surface area contributed by atoms with Crippen LogP contribution < -0.4 is 0 Å². The number of hydrogen-bond acceptors (Lipinski definition) is 4. The number of fused-ring (bicyclic) bond motifs is 2. The number of carbonyl (C=O) groups is 3. The summed E-state index contributed by atoms with van der Waals surface area (Å²) < 4.78 is 0. The lowest BCUT2D eigenvalue weighted by atomic mass is 9.40. The van der Waals surface area contributed by atoms with Gasteiger partial charge in [-0.05, 0) is 85.5 Å². The van der Waals surface area contributed by atoms with Gasteiger partial charge in [-0.3, -0.25) is 14.4 Å². The van der Waals surface area contributed by atoms with Crippen LogP contribution >= 0.6 is 0 Å². The van der Waals surface area contributed by atoms with Crippen molar-refractivity contribution in [1.29, 1.82) is 0 Å². The van der Waals surface area contributed by atoms with Crippen LogP contribution in [0.3, 0.4) is 0 Å². The van der Waals surface area contributed by atoms with Crippen molar-refractivity contribution in [3.05, 3.63) is 46.3 Å². The monoisotopic (exact) mass is 440 g/mol. The van der Waals surface area contributed by atoms with Gasteiger partial charge in [-0.15, -0.1) is 0 Å². The molecule has 0 heterocycles. The number of ketones is 3. The van der Waals surface area contributed by atoms with E-state index in [1.165, 1.54) is 12.5 Å². The van der Waals surface area contributed by atoms with E-state index >= 15 is 0 Å². The summed E-state index contributed by atoms with van der Waals surface area (Å²) in [5.74, 6) is -1.54. The van der Waals surface area contributed by atoms with Crippen molar-refractivity contribution in [2.24, 2.45) is 22.2 Å². The summed E-state index contributed by atoms with van der Waals surface area (Å²) in [5, 5.41) is 11.4. The van der Waals surface area contributed by atoms with Crippen LogP contribution in [0.25, 0.3) is 0 Å². The zero-order valence-corrected chi connectivity index (χ0v) is 21.3. The van der Waals surface area contributed by atoms with Crippen molar-refractivity contribution in [2.45, 2.75) is 88.0 Å². The van der Waals surface area contributed by atoms with E-state index in [2.05, 4.69) is 6.08 Å². The zero-order valence-electron chi connectivity index (χ0n) is 21.3. The van der Waals surface area contributed by atoms with Crippen molar-refractivity contribution in [1.82, 2.24) is 0 Å². The lowest BCUT2D eigenvalue weighted by molar-refractivity contribution is -0.171. The molecule has 0 radical (unpaired) electrons. The molecule has 3 atom stereocenters. The number of allylic oxidation sites excluding steroid dienone is 8. The Labute approximate surface area is 193 Å². The van der Waals surface area contributed by atoms with E-state index in [4.69, 9.17) is 0 Å². The van der Waals surface area contributed by atoms with Gasteiger partial charge in [0.1, 0.15) is 11.2 Å². The highest BCUT2D eigenvalue weighted by molar-refractivity contribution is 6.31. The average molecular weight is 441 g/mol. The Morgan fingerprint density at radius 1 is 0.906 bits per heavy atom. The smallest absolute Gasteiger partial charge is 0.184 e. The largest absolute Gasteiger partial charge is 0.510 e. The summed E-state index contributed by atoms with van der Waals surface area (Å²) in [7, 11) is 0. The number of rotatable bonds is 7. The van der Waals surface area contributed by atoms with E-state index in [9.17, 15) is 19.5 Å². The third-order valence-corrected chi connectivity index (χ3v) is 7.68. The number of Topliss-reactive ketones (excluding diaryl/α,β-unsaturated/α-hetero) is 3. The molecule has 0 aromatic carbocycles. The molecular formula is C28H40O4. The quantitative estimate of drug-likeness (QED) is 0.274. The van der Waals surface area contributed by atoms with Gasteiger partial charge >= 0.3 is 0 Å². The molecule has 4 nitrogen and oxygen atoms in total. The van der Waals surface area contributed by atoms with Crippen molar-refractivity contribution in [3.63, 3.8) is 0 Å². The maximum Gasteiger partial charge on any atom is 0.184 e. The molecule has 0 aliphatic heterocycles. The van der Waals surface area contributed by atoms with Gasteiger partial charge in [0.25, 0.3) is 0 Å². The first-order valence-electron chi connectivity index (χ1n) is 11.6. The average Bonchev–Trinajstić information content (AvgIpc) is 2.65. The Morgan fingerprint density at radius 3 is 1.88 bits per heavy atom. The second kappa shape index (κ2) is 8.96.